The normalized spacial score (nSPS) is 19.9. The Morgan fingerprint density at radius 2 is 1.81 bits per heavy atom. The average Bonchev–Trinajstić information content (AvgIpc) is 3.07. The summed E-state index contributed by atoms with van der Waals surface area (Å²) in [6.07, 6.45) is 3.89. The highest BCUT2D eigenvalue weighted by atomic mass is 16.5. The van der Waals surface area contributed by atoms with E-state index in [1.54, 1.807) is 14.2 Å². The van der Waals surface area contributed by atoms with E-state index in [9.17, 15) is 0 Å². The van der Waals surface area contributed by atoms with E-state index in [1.165, 1.54) is 30.5 Å². The van der Waals surface area contributed by atoms with Crippen molar-refractivity contribution >= 4 is 5.69 Å². The molecule has 1 aliphatic heterocycles. The molecule has 3 nitrogen and oxygen atoms in total. The third-order valence-corrected chi connectivity index (χ3v) is 3.79. The third-order valence-electron chi connectivity index (χ3n) is 3.79. The van der Waals surface area contributed by atoms with Crippen molar-refractivity contribution in [2.75, 3.05) is 26.1 Å². The Balaban J connectivity index is 2.00. The van der Waals surface area contributed by atoms with Gasteiger partial charge in [-0.05, 0) is 36.3 Å². The van der Waals surface area contributed by atoms with Crippen LogP contribution in [0, 0.1) is 5.41 Å². The van der Waals surface area contributed by atoms with Crippen LogP contribution >= 0.6 is 0 Å². The number of rotatable bonds is 2. The van der Waals surface area contributed by atoms with Crippen LogP contribution in [0.5, 0.6) is 11.5 Å². The quantitative estimate of drug-likeness (QED) is 0.828. The third kappa shape index (κ3) is 1.42. The van der Waals surface area contributed by atoms with Gasteiger partial charge in [-0.25, -0.2) is 0 Å². The standard InChI is InChI=1S/C13H17NO2/c1-15-11-5-9-7-13(3-4-13)8-14-10(9)6-12(11)16-2/h5-6,14H,3-4,7-8H2,1-2H3. The van der Waals surface area contributed by atoms with Gasteiger partial charge < -0.3 is 14.8 Å². The first-order valence-electron chi connectivity index (χ1n) is 5.75. The fourth-order valence-electron chi connectivity index (χ4n) is 2.51. The van der Waals surface area contributed by atoms with Crippen LogP contribution < -0.4 is 14.8 Å². The van der Waals surface area contributed by atoms with Crippen LogP contribution in [0.15, 0.2) is 12.1 Å². The second-order valence-electron chi connectivity index (χ2n) is 4.89. The van der Waals surface area contributed by atoms with E-state index < -0.39 is 0 Å². The average molecular weight is 219 g/mol. The van der Waals surface area contributed by atoms with Gasteiger partial charge in [-0.2, -0.15) is 0 Å². The smallest absolute Gasteiger partial charge is 0.162 e. The molecule has 3 rings (SSSR count). The number of nitrogens with one attached hydrogen (secondary N) is 1. The van der Waals surface area contributed by atoms with Crippen LogP contribution in [0.25, 0.3) is 0 Å². The molecule has 1 heterocycles. The van der Waals surface area contributed by atoms with Gasteiger partial charge >= 0.3 is 0 Å². The molecule has 3 heteroatoms. The predicted octanol–water partition coefficient (Wildman–Crippen LogP) is 2.45. The van der Waals surface area contributed by atoms with Gasteiger partial charge in [0.05, 0.1) is 14.2 Å². The number of methoxy groups -OCH3 is 2. The molecule has 2 aliphatic rings. The van der Waals surface area contributed by atoms with Crippen LogP contribution in [-0.2, 0) is 6.42 Å². The summed E-state index contributed by atoms with van der Waals surface area (Å²) in [6.45, 7) is 1.11. The molecule has 86 valence electrons. The molecule has 0 radical (unpaired) electrons. The lowest BCUT2D eigenvalue weighted by molar-refractivity contribution is 0.354. The summed E-state index contributed by atoms with van der Waals surface area (Å²) < 4.78 is 10.6. The van der Waals surface area contributed by atoms with Gasteiger partial charge in [0, 0.05) is 18.3 Å². The molecule has 0 aromatic heterocycles. The first-order valence-corrected chi connectivity index (χ1v) is 5.75. The van der Waals surface area contributed by atoms with Crippen molar-refractivity contribution in [3.63, 3.8) is 0 Å². The van der Waals surface area contributed by atoms with Gasteiger partial charge in [-0.1, -0.05) is 0 Å². The first kappa shape index (κ1) is 9.82. The van der Waals surface area contributed by atoms with Crippen molar-refractivity contribution in [3.8, 4) is 11.5 Å². The number of benzene rings is 1. The molecule has 16 heavy (non-hydrogen) atoms. The zero-order valence-corrected chi connectivity index (χ0v) is 9.80. The monoisotopic (exact) mass is 219 g/mol. The van der Waals surface area contributed by atoms with Crippen molar-refractivity contribution in [1.29, 1.82) is 0 Å². The fraction of sp³-hybridized carbons (Fsp3) is 0.538. The summed E-state index contributed by atoms with van der Waals surface area (Å²) in [6, 6.07) is 4.16. The molecular weight excluding hydrogens is 202 g/mol. The van der Waals surface area contributed by atoms with Gasteiger partial charge in [0.2, 0.25) is 0 Å². The van der Waals surface area contributed by atoms with Crippen LogP contribution in [0.1, 0.15) is 18.4 Å². The SMILES string of the molecule is COc1cc2c(cc1OC)NCC1(CC1)C2. The lowest BCUT2D eigenvalue weighted by Crippen LogP contribution is -2.24. The summed E-state index contributed by atoms with van der Waals surface area (Å²) in [5.74, 6) is 1.64. The molecule has 0 unspecified atom stereocenters. The summed E-state index contributed by atoms with van der Waals surface area (Å²) in [7, 11) is 3.36. The topological polar surface area (TPSA) is 30.5 Å². The van der Waals surface area contributed by atoms with E-state index in [0.717, 1.165) is 18.0 Å². The van der Waals surface area contributed by atoms with E-state index >= 15 is 0 Å². The second-order valence-corrected chi connectivity index (χ2v) is 4.89. The molecule has 0 atom stereocenters. The summed E-state index contributed by atoms with van der Waals surface area (Å²) in [5, 5.41) is 3.51. The maximum atomic E-state index is 5.34. The second kappa shape index (κ2) is 3.30. The van der Waals surface area contributed by atoms with E-state index in [-0.39, 0.29) is 0 Å². The zero-order chi connectivity index (χ0) is 11.2. The molecule has 0 saturated heterocycles. The maximum Gasteiger partial charge on any atom is 0.162 e. The number of anilines is 1. The number of hydrogen-bond acceptors (Lipinski definition) is 3. The predicted molar refractivity (Wildman–Crippen MR) is 63.4 cm³/mol. The van der Waals surface area contributed by atoms with Gasteiger partial charge in [-0.3, -0.25) is 0 Å². The Morgan fingerprint density at radius 1 is 1.12 bits per heavy atom. The fourth-order valence-corrected chi connectivity index (χ4v) is 2.51. The molecule has 0 bridgehead atoms. The van der Waals surface area contributed by atoms with Crippen molar-refractivity contribution in [2.24, 2.45) is 5.41 Å². The minimum Gasteiger partial charge on any atom is -0.493 e. The van der Waals surface area contributed by atoms with Crippen molar-refractivity contribution < 1.29 is 9.47 Å². The van der Waals surface area contributed by atoms with Crippen LogP contribution in [0.2, 0.25) is 0 Å². The summed E-state index contributed by atoms with van der Waals surface area (Å²) in [4.78, 5) is 0. The molecule has 1 aliphatic carbocycles. The maximum absolute atomic E-state index is 5.34. The van der Waals surface area contributed by atoms with Gasteiger partial charge in [-0.15, -0.1) is 0 Å². The lowest BCUT2D eigenvalue weighted by atomic mass is 9.91. The van der Waals surface area contributed by atoms with Gasteiger partial charge in [0.15, 0.2) is 11.5 Å². The zero-order valence-electron chi connectivity index (χ0n) is 9.80. The molecule has 1 aromatic carbocycles. The molecule has 1 saturated carbocycles. The van der Waals surface area contributed by atoms with E-state index in [2.05, 4.69) is 11.4 Å². The minimum absolute atomic E-state index is 0.548. The Kier molecular flexibility index (Phi) is 2.03. The number of ether oxygens (including phenoxy) is 2. The van der Waals surface area contributed by atoms with Gasteiger partial charge in [0.1, 0.15) is 0 Å². The highest BCUT2D eigenvalue weighted by Crippen LogP contribution is 2.52. The molecule has 1 aromatic rings. The Labute approximate surface area is 95.8 Å². The number of fused-ring (bicyclic) bond motifs is 1. The van der Waals surface area contributed by atoms with Crippen LogP contribution in [-0.4, -0.2) is 20.8 Å². The molecule has 1 N–H and O–H groups in total. The largest absolute Gasteiger partial charge is 0.493 e. The van der Waals surface area contributed by atoms with E-state index in [0.29, 0.717) is 5.41 Å². The highest BCUT2D eigenvalue weighted by Gasteiger charge is 2.45. The van der Waals surface area contributed by atoms with Crippen LogP contribution in [0.4, 0.5) is 5.69 Å². The van der Waals surface area contributed by atoms with Crippen molar-refractivity contribution in [1.82, 2.24) is 0 Å². The Hall–Kier alpha value is -1.38. The molecular formula is C13H17NO2. The van der Waals surface area contributed by atoms with E-state index in [4.69, 9.17) is 9.47 Å². The van der Waals surface area contributed by atoms with Gasteiger partial charge in [0.25, 0.3) is 0 Å². The van der Waals surface area contributed by atoms with Crippen molar-refractivity contribution in [2.45, 2.75) is 19.3 Å². The van der Waals surface area contributed by atoms with Crippen molar-refractivity contribution in [3.05, 3.63) is 17.7 Å². The Bertz CT molecular complexity index is 424. The summed E-state index contributed by atoms with van der Waals surface area (Å²) >= 11 is 0. The highest BCUT2D eigenvalue weighted by molar-refractivity contribution is 5.62. The first-order chi connectivity index (χ1) is 7.76. The number of hydrogen-bond donors (Lipinski definition) is 1. The molecule has 0 amide bonds. The van der Waals surface area contributed by atoms with E-state index in [1.807, 2.05) is 6.07 Å². The minimum atomic E-state index is 0.548. The molecule has 1 spiro atoms. The molecule has 1 fully saturated rings. The Morgan fingerprint density at radius 3 is 2.44 bits per heavy atom. The lowest BCUT2D eigenvalue weighted by Gasteiger charge is -2.27. The summed E-state index contributed by atoms with van der Waals surface area (Å²) in [5.41, 5.74) is 3.11. The van der Waals surface area contributed by atoms with Crippen LogP contribution in [0.3, 0.4) is 0 Å².